The fourth-order valence-electron chi connectivity index (χ4n) is 2.23. The highest BCUT2D eigenvalue weighted by atomic mass is 16.4. The molecule has 1 heterocycles. The lowest BCUT2D eigenvalue weighted by atomic mass is 9.90. The number of aliphatic carboxylic acids is 1. The van der Waals surface area contributed by atoms with Gasteiger partial charge in [-0.3, -0.25) is 9.69 Å². The van der Waals surface area contributed by atoms with Crippen LogP contribution in [0.25, 0.3) is 0 Å². The van der Waals surface area contributed by atoms with E-state index >= 15 is 0 Å². The quantitative estimate of drug-likeness (QED) is 0.755. The first-order chi connectivity index (χ1) is 6.56. The molecule has 0 radical (unpaired) electrons. The second kappa shape index (κ2) is 4.78. The number of rotatable bonds is 3. The fraction of sp³-hybridized carbons (Fsp3) is 0.909. The van der Waals surface area contributed by atoms with Gasteiger partial charge in [0.15, 0.2) is 0 Å². The Morgan fingerprint density at radius 2 is 2.21 bits per heavy atom. The van der Waals surface area contributed by atoms with E-state index in [-0.39, 0.29) is 6.04 Å². The van der Waals surface area contributed by atoms with Crippen LogP contribution in [0.1, 0.15) is 40.0 Å². The lowest BCUT2D eigenvalue weighted by Gasteiger charge is -2.39. The van der Waals surface area contributed by atoms with Crippen LogP contribution < -0.4 is 0 Å². The Balaban J connectivity index is 2.60. The molecular weight excluding hydrogens is 178 g/mol. The Hall–Kier alpha value is -0.570. The molecule has 0 bridgehead atoms. The standard InChI is InChI=1S/C11H21NO2/c1-4-10-6-5-8(2)12(7-10)9(3)11(13)14/h8-10H,4-7H2,1-3H3,(H,13,14)/t8-,9?,10-/m1/s1. The summed E-state index contributed by atoms with van der Waals surface area (Å²) < 4.78 is 0. The summed E-state index contributed by atoms with van der Waals surface area (Å²) in [4.78, 5) is 13.0. The summed E-state index contributed by atoms with van der Waals surface area (Å²) in [6, 6.07) is 0.0863. The van der Waals surface area contributed by atoms with Crippen molar-refractivity contribution in [3.8, 4) is 0 Å². The molecule has 1 rings (SSSR count). The Labute approximate surface area is 86.1 Å². The molecule has 82 valence electrons. The van der Waals surface area contributed by atoms with Gasteiger partial charge in [-0.05, 0) is 32.6 Å². The summed E-state index contributed by atoms with van der Waals surface area (Å²) >= 11 is 0. The molecule has 1 aliphatic rings. The monoisotopic (exact) mass is 199 g/mol. The number of carboxylic acids is 1. The van der Waals surface area contributed by atoms with E-state index in [1.807, 2.05) is 0 Å². The predicted molar refractivity (Wildman–Crippen MR) is 56.3 cm³/mol. The smallest absolute Gasteiger partial charge is 0.320 e. The van der Waals surface area contributed by atoms with Crippen LogP contribution in [-0.4, -0.2) is 34.6 Å². The summed E-state index contributed by atoms with van der Waals surface area (Å²) in [6.07, 6.45) is 3.55. The molecule has 14 heavy (non-hydrogen) atoms. The molecule has 0 aromatic rings. The van der Waals surface area contributed by atoms with E-state index in [1.165, 1.54) is 6.42 Å². The van der Waals surface area contributed by atoms with E-state index in [1.54, 1.807) is 6.92 Å². The summed E-state index contributed by atoms with van der Waals surface area (Å²) in [5.74, 6) is -0.0124. The summed E-state index contributed by atoms with van der Waals surface area (Å²) in [5, 5.41) is 8.97. The Morgan fingerprint density at radius 3 is 2.71 bits per heavy atom. The third kappa shape index (κ3) is 2.47. The van der Waals surface area contributed by atoms with E-state index in [2.05, 4.69) is 18.7 Å². The van der Waals surface area contributed by atoms with Crippen LogP contribution in [0.4, 0.5) is 0 Å². The predicted octanol–water partition coefficient (Wildman–Crippen LogP) is 1.97. The van der Waals surface area contributed by atoms with Crippen molar-refractivity contribution in [3.63, 3.8) is 0 Å². The van der Waals surface area contributed by atoms with E-state index in [0.717, 1.165) is 19.4 Å². The van der Waals surface area contributed by atoms with E-state index in [4.69, 9.17) is 5.11 Å². The van der Waals surface area contributed by atoms with Gasteiger partial charge < -0.3 is 5.11 Å². The molecule has 3 nitrogen and oxygen atoms in total. The normalized spacial score (nSPS) is 31.4. The van der Waals surface area contributed by atoms with Crippen molar-refractivity contribution in [3.05, 3.63) is 0 Å². The largest absolute Gasteiger partial charge is 0.480 e. The highest BCUT2D eigenvalue weighted by Crippen LogP contribution is 2.25. The van der Waals surface area contributed by atoms with Crippen molar-refractivity contribution in [1.29, 1.82) is 0 Å². The van der Waals surface area contributed by atoms with Gasteiger partial charge in [0.1, 0.15) is 6.04 Å². The zero-order valence-corrected chi connectivity index (χ0v) is 9.36. The highest BCUT2D eigenvalue weighted by molar-refractivity contribution is 5.72. The van der Waals surface area contributed by atoms with Crippen LogP contribution in [0.15, 0.2) is 0 Å². The Morgan fingerprint density at radius 1 is 1.57 bits per heavy atom. The number of nitrogens with zero attached hydrogens (tertiary/aromatic N) is 1. The van der Waals surface area contributed by atoms with Crippen LogP contribution in [0.3, 0.4) is 0 Å². The molecule has 1 aliphatic heterocycles. The third-order valence-electron chi connectivity index (χ3n) is 3.46. The first kappa shape index (κ1) is 11.5. The molecular formula is C11H21NO2. The lowest BCUT2D eigenvalue weighted by molar-refractivity contribution is -0.144. The summed E-state index contributed by atoms with van der Waals surface area (Å²) in [6.45, 7) is 7.05. The molecule has 0 aromatic heterocycles. The van der Waals surface area contributed by atoms with E-state index < -0.39 is 5.97 Å². The molecule has 3 atom stereocenters. The maximum atomic E-state index is 10.9. The van der Waals surface area contributed by atoms with Crippen molar-refractivity contribution in [1.82, 2.24) is 4.90 Å². The summed E-state index contributed by atoms with van der Waals surface area (Å²) in [7, 11) is 0. The third-order valence-corrected chi connectivity index (χ3v) is 3.46. The second-order valence-corrected chi connectivity index (χ2v) is 4.41. The van der Waals surface area contributed by atoms with Crippen molar-refractivity contribution < 1.29 is 9.90 Å². The van der Waals surface area contributed by atoms with Gasteiger partial charge in [0, 0.05) is 12.6 Å². The molecule has 3 heteroatoms. The number of carboxylic acid groups (broad SMARTS) is 1. The zero-order chi connectivity index (χ0) is 10.7. The van der Waals surface area contributed by atoms with Crippen molar-refractivity contribution in [2.75, 3.05) is 6.54 Å². The van der Waals surface area contributed by atoms with Crippen molar-refractivity contribution >= 4 is 5.97 Å². The van der Waals surface area contributed by atoms with Gasteiger partial charge in [-0.2, -0.15) is 0 Å². The average molecular weight is 199 g/mol. The van der Waals surface area contributed by atoms with Crippen LogP contribution >= 0.6 is 0 Å². The Kier molecular flexibility index (Phi) is 3.93. The molecule has 1 N–H and O–H groups in total. The molecule has 0 aliphatic carbocycles. The van der Waals surface area contributed by atoms with Gasteiger partial charge >= 0.3 is 5.97 Å². The molecule has 1 saturated heterocycles. The number of piperidine rings is 1. The minimum Gasteiger partial charge on any atom is -0.480 e. The zero-order valence-electron chi connectivity index (χ0n) is 9.36. The van der Waals surface area contributed by atoms with Crippen molar-refractivity contribution in [2.45, 2.75) is 52.1 Å². The van der Waals surface area contributed by atoms with Gasteiger partial charge in [0.2, 0.25) is 0 Å². The molecule has 0 saturated carbocycles. The highest BCUT2D eigenvalue weighted by Gasteiger charge is 2.30. The van der Waals surface area contributed by atoms with Gasteiger partial charge in [0.25, 0.3) is 0 Å². The average Bonchev–Trinajstić information content (AvgIpc) is 2.17. The second-order valence-electron chi connectivity index (χ2n) is 4.41. The number of hydrogen-bond donors (Lipinski definition) is 1. The molecule has 1 fully saturated rings. The minimum absolute atomic E-state index is 0.334. The summed E-state index contributed by atoms with van der Waals surface area (Å²) in [5.41, 5.74) is 0. The van der Waals surface area contributed by atoms with Gasteiger partial charge in [-0.25, -0.2) is 0 Å². The lowest BCUT2D eigenvalue weighted by Crippen LogP contribution is -2.49. The number of likely N-dealkylation sites (tertiary alicyclic amines) is 1. The van der Waals surface area contributed by atoms with E-state index in [9.17, 15) is 4.79 Å². The molecule has 1 unspecified atom stereocenters. The topological polar surface area (TPSA) is 40.5 Å². The number of carbonyl (C=O) groups is 1. The minimum atomic E-state index is -0.700. The maximum Gasteiger partial charge on any atom is 0.320 e. The molecule has 0 aromatic carbocycles. The molecule has 0 amide bonds. The first-order valence-corrected chi connectivity index (χ1v) is 5.54. The van der Waals surface area contributed by atoms with Gasteiger partial charge in [-0.15, -0.1) is 0 Å². The Bertz CT molecular complexity index is 205. The SMILES string of the molecule is CC[C@@H]1CC[C@@H](C)N(C(C)C(=O)O)C1. The number of hydrogen-bond acceptors (Lipinski definition) is 2. The first-order valence-electron chi connectivity index (χ1n) is 5.54. The van der Waals surface area contributed by atoms with Crippen molar-refractivity contribution in [2.24, 2.45) is 5.92 Å². The van der Waals surface area contributed by atoms with Crippen LogP contribution in [0, 0.1) is 5.92 Å². The maximum absolute atomic E-state index is 10.9. The van der Waals surface area contributed by atoms with Gasteiger partial charge in [0.05, 0.1) is 0 Å². The van der Waals surface area contributed by atoms with E-state index in [0.29, 0.717) is 12.0 Å². The van der Waals surface area contributed by atoms with Crippen LogP contribution in [0.5, 0.6) is 0 Å². The van der Waals surface area contributed by atoms with Crippen LogP contribution in [0.2, 0.25) is 0 Å². The fourth-order valence-corrected chi connectivity index (χ4v) is 2.23. The van der Waals surface area contributed by atoms with Crippen LogP contribution in [-0.2, 0) is 4.79 Å². The van der Waals surface area contributed by atoms with Gasteiger partial charge in [-0.1, -0.05) is 13.3 Å². The molecule has 0 spiro atoms.